The molecule has 2 unspecified atom stereocenters. The topological polar surface area (TPSA) is 61.5 Å². The van der Waals surface area contributed by atoms with Crippen molar-refractivity contribution >= 4 is 5.78 Å². The van der Waals surface area contributed by atoms with Gasteiger partial charge in [0.25, 0.3) is 0 Å². The first-order valence-corrected chi connectivity index (χ1v) is 6.55. The lowest BCUT2D eigenvalue weighted by atomic mass is 9.78. The van der Waals surface area contributed by atoms with Crippen molar-refractivity contribution in [2.24, 2.45) is 11.1 Å². The SMILES string of the molecule is COc1ccc(C(=O)C2(C)CCCC2N)cc1OC. The Labute approximate surface area is 113 Å². The maximum atomic E-state index is 12.7. The Morgan fingerprint density at radius 2 is 2.00 bits per heavy atom. The van der Waals surface area contributed by atoms with Crippen LogP contribution < -0.4 is 15.2 Å². The summed E-state index contributed by atoms with van der Waals surface area (Å²) in [5.74, 6) is 1.29. The predicted octanol–water partition coefficient (Wildman–Crippen LogP) is 2.40. The second-order valence-electron chi connectivity index (χ2n) is 5.32. The van der Waals surface area contributed by atoms with Crippen LogP contribution in [0.2, 0.25) is 0 Å². The lowest BCUT2D eigenvalue weighted by Crippen LogP contribution is -2.41. The van der Waals surface area contributed by atoms with Crippen molar-refractivity contribution in [1.82, 2.24) is 0 Å². The molecule has 0 bridgehead atoms. The van der Waals surface area contributed by atoms with Gasteiger partial charge in [-0.25, -0.2) is 0 Å². The van der Waals surface area contributed by atoms with E-state index in [2.05, 4.69) is 0 Å². The predicted molar refractivity (Wildman–Crippen MR) is 73.8 cm³/mol. The van der Waals surface area contributed by atoms with Gasteiger partial charge in [0.2, 0.25) is 0 Å². The number of hydrogen-bond donors (Lipinski definition) is 1. The van der Waals surface area contributed by atoms with Crippen molar-refractivity contribution in [3.8, 4) is 11.5 Å². The van der Waals surface area contributed by atoms with Crippen molar-refractivity contribution in [3.63, 3.8) is 0 Å². The maximum absolute atomic E-state index is 12.7. The molecule has 1 saturated carbocycles. The third kappa shape index (κ3) is 2.32. The molecule has 1 aromatic carbocycles. The first kappa shape index (κ1) is 13.9. The van der Waals surface area contributed by atoms with Crippen LogP contribution in [-0.2, 0) is 0 Å². The van der Waals surface area contributed by atoms with Crippen molar-refractivity contribution in [3.05, 3.63) is 23.8 Å². The third-order valence-corrected chi connectivity index (χ3v) is 4.19. The molecule has 19 heavy (non-hydrogen) atoms. The van der Waals surface area contributed by atoms with Gasteiger partial charge in [0, 0.05) is 17.0 Å². The summed E-state index contributed by atoms with van der Waals surface area (Å²) in [6.45, 7) is 1.96. The van der Waals surface area contributed by atoms with Gasteiger partial charge in [0.15, 0.2) is 17.3 Å². The summed E-state index contributed by atoms with van der Waals surface area (Å²) in [6, 6.07) is 5.21. The minimum Gasteiger partial charge on any atom is -0.493 e. The molecule has 2 rings (SSSR count). The molecule has 4 heteroatoms. The number of benzene rings is 1. The highest BCUT2D eigenvalue weighted by Crippen LogP contribution is 2.40. The summed E-state index contributed by atoms with van der Waals surface area (Å²) in [5, 5.41) is 0. The average Bonchev–Trinajstić information content (AvgIpc) is 2.78. The molecule has 2 N–H and O–H groups in total. The summed E-state index contributed by atoms with van der Waals surface area (Å²) in [4.78, 5) is 12.7. The Hall–Kier alpha value is -1.55. The number of hydrogen-bond acceptors (Lipinski definition) is 4. The number of carbonyl (C=O) groups is 1. The third-order valence-electron chi connectivity index (χ3n) is 4.19. The lowest BCUT2D eigenvalue weighted by Gasteiger charge is -2.27. The fraction of sp³-hybridized carbons (Fsp3) is 0.533. The fourth-order valence-electron chi connectivity index (χ4n) is 2.78. The van der Waals surface area contributed by atoms with Gasteiger partial charge < -0.3 is 15.2 Å². The summed E-state index contributed by atoms with van der Waals surface area (Å²) in [6.07, 6.45) is 2.77. The normalized spacial score (nSPS) is 26.2. The molecule has 0 amide bonds. The van der Waals surface area contributed by atoms with Gasteiger partial charge in [-0.2, -0.15) is 0 Å². The Morgan fingerprint density at radius 3 is 2.53 bits per heavy atom. The van der Waals surface area contributed by atoms with Crippen LogP contribution in [0, 0.1) is 5.41 Å². The largest absolute Gasteiger partial charge is 0.493 e. The molecule has 1 aliphatic carbocycles. The van der Waals surface area contributed by atoms with Gasteiger partial charge in [0.1, 0.15) is 0 Å². The zero-order chi connectivity index (χ0) is 14.0. The number of Topliss-reactive ketones (excluding diaryl/α,β-unsaturated/α-hetero) is 1. The molecular weight excluding hydrogens is 242 g/mol. The van der Waals surface area contributed by atoms with Crippen LogP contribution in [0.3, 0.4) is 0 Å². The number of rotatable bonds is 4. The van der Waals surface area contributed by atoms with E-state index in [4.69, 9.17) is 15.2 Å². The monoisotopic (exact) mass is 263 g/mol. The van der Waals surface area contributed by atoms with Crippen molar-refractivity contribution < 1.29 is 14.3 Å². The molecule has 1 aromatic rings. The number of carbonyl (C=O) groups excluding carboxylic acids is 1. The first-order valence-electron chi connectivity index (χ1n) is 6.55. The minimum atomic E-state index is -0.459. The van der Waals surface area contributed by atoms with E-state index in [9.17, 15) is 4.79 Å². The molecular formula is C15H21NO3. The van der Waals surface area contributed by atoms with Crippen LogP contribution in [0.25, 0.3) is 0 Å². The van der Waals surface area contributed by atoms with Gasteiger partial charge >= 0.3 is 0 Å². The first-order chi connectivity index (χ1) is 9.02. The van der Waals surface area contributed by atoms with Crippen LogP contribution in [0.4, 0.5) is 0 Å². The number of ether oxygens (including phenoxy) is 2. The van der Waals surface area contributed by atoms with Crippen LogP contribution >= 0.6 is 0 Å². The minimum absolute atomic E-state index is 0.0619. The molecule has 0 heterocycles. The molecule has 104 valence electrons. The molecule has 1 fully saturated rings. The van der Waals surface area contributed by atoms with E-state index in [1.807, 2.05) is 6.92 Å². The zero-order valence-electron chi connectivity index (χ0n) is 11.7. The molecule has 4 nitrogen and oxygen atoms in total. The van der Waals surface area contributed by atoms with Crippen molar-refractivity contribution in [2.45, 2.75) is 32.2 Å². The van der Waals surface area contributed by atoms with Crippen LogP contribution in [0.5, 0.6) is 11.5 Å². The lowest BCUT2D eigenvalue weighted by molar-refractivity contribution is 0.0802. The number of methoxy groups -OCH3 is 2. The Bertz CT molecular complexity index is 486. The van der Waals surface area contributed by atoms with Gasteiger partial charge in [0.05, 0.1) is 14.2 Å². The van der Waals surface area contributed by atoms with Crippen LogP contribution in [-0.4, -0.2) is 26.0 Å². The molecule has 0 radical (unpaired) electrons. The van der Waals surface area contributed by atoms with Crippen LogP contribution in [0.1, 0.15) is 36.5 Å². The molecule has 1 aliphatic rings. The van der Waals surface area contributed by atoms with Gasteiger partial charge in [-0.3, -0.25) is 4.79 Å². The fourth-order valence-corrected chi connectivity index (χ4v) is 2.78. The zero-order valence-corrected chi connectivity index (χ0v) is 11.7. The smallest absolute Gasteiger partial charge is 0.170 e. The molecule has 0 spiro atoms. The van der Waals surface area contributed by atoms with Crippen LogP contribution in [0.15, 0.2) is 18.2 Å². The molecule has 2 atom stereocenters. The Balaban J connectivity index is 2.34. The molecule has 0 aromatic heterocycles. The standard InChI is InChI=1S/C15H21NO3/c1-15(8-4-5-13(15)16)14(17)10-6-7-11(18-2)12(9-10)19-3/h6-7,9,13H,4-5,8,16H2,1-3H3. The Kier molecular flexibility index (Phi) is 3.80. The van der Waals surface area contributed by atoms with Gasteiger partial charge in [-0.05, 0) is 31.0 Å². The summed E-state index contributed by atoms with van der Waals surface area (Å²) in [5.41, 5.74) is 6.28. The summed E-state index contributed by atoms with van der Waals surface area (Å²) >= 11 is 0. The quantitative estimate of drug-likeness (QED) is 0.847. The summed E-state index contributed by atoms with van der Waals surface area (Å²) < 4.78 is 10.4. The summed E-state index contributed by atoms with van der Waals surface area (Å²) in [7, 11) is 3.14. The maximum Gasteiger partial charge on any atom is 0.170 e. The van der Waals surface area contributed by atoms with E-state index in [1.54, 1.807) is 32.4 Å². The van der Waals surface area contributed by atoms with E-state index in [0.717, 1.165) is 19.3 Å². The van der Waals surface area contributed by atoms with E-state index < -0.39 is 5.41 Å². The average molecular weight is 263 g/mol. The van der Waals surface area contributed by atoms with E-state index >= 15 is 0 Å². The second-order valence-corrected chi connectivity index (χ2v) is 5.32. The molecule has 0 aliphatic heterocycles. The number of nitrogens with two attached hydrogens (primary N) is 1. The number of ketones is 1. The van der Waals surface area contributed by atoms with Crippen molar-refractivity contribution in [1.29, 1.82) is 0 Å². The van der Waals surface area contributed by atoms with Crippen molar-refractivity contribution in [2.75, 3.05) is 14.2 Å². The highest BCUT2D eigenvalue weighted by Gasteiger charge is 2.43. The Morgan fingerprint density at radius 1 is 1.32 bits per heavy atom. The molecule has 0 saturated heterocycles. The van der Waals surface area contributed by atoms with E-state index in [-0.39, 0.29) is 11.8 Å². The van der Waals surface area contributed by atoms with E-state index in [1.165, 1.54) is 0 Å². The van der Waals surface area contributed by atoms with Gasteiger partial charge in [-0.15, -0.1) is 0 Å². The highest BCUT2D eigenvalue weighted by molar-refractivity contribution is 6.01. The van der Waals surface area contributed by atoms with Gasteiger partial charge in [-0.1, -0.05) is 13.3 Å². The second kappa shape index (κ2) is 5.21. The highest BCUT2D eigenvalue weighted by atomic mass is 16.5. The van der Waals surface area contributed by atoms with E-state index in [0.29, 0.717) is 17.1 Å².